The van der Waals surface area contributed by atoms with Gasteiger partial charge in [-0.2, -0.15) is 0 Å². The number of hydrogen-bond donors (Lipinski definition) is 3. The van der Waals surface area contributed by atoms with Gasteiger partial charge in [-0.1, -0.05) is 30.3 Å². The van der Waals surface area contributed by atoms with Crippen LogP contribution in [0.1, 0.15) is 19.4 Å². The maximum Gasteiger partial charge on any atom is 0.303 e. The van der Waals surface area contributed by atoms with E-state index >= 15 is 0 Å². The number of ether oxygens (including phenoxy) is 3. The molecule has 0 radical (unpaired) electrons. The van der Waals surface area contributed by atoms with Crippen molar-refractivity contribution in [3.63, 3.8) is 0 Å². The molecule has 1 aromatic carbocycles. The zero-order valence-corrected chi connectivity index (χ0v) is 14.1. The summed E-state index contributed by atoms with van der Waals surface area (Å²) < 4.78 is 16.4. The molecule has 25 heavy (non-hydrogen) atoms. The molecule has 1 heterocycles. The molecule has 1 aromatic rings. The number of esters is 1. The number of carbonyl (C=O) groups is 2. The summed E-state index contributed by atoms with van der Waals surface area (Å²) in [5.41, 5.74) is 0.878. The van der Waals surface area contributed by atoms with Crippen molar-refractivity contribution in [2.24, 2.45) is 0 Å². The first-order valence-corrected chi connectivity index (χ1v) is 7.96. The summed E-state index contributed by atoms with van der Waals surface area (Å²) >= 11 is 0. The smallest absolute Gasteiger partial charge is 0.303 e. The minimum Gasteiger partial charge on any atom is -0.457 e. The van der Waals surface area contributed by atoms with Crippen molar-refractivity contribution < 1.29 is 34.0 Å². The molecule has 1 fully saturated rings. The topological polar surface area (TPSA) is 114 Å². The van der Waals surface area contributed by atoms with Gasteiger partial charge in [-0.25, -0.2) is 0 Å². The third-order valence-corrected chi connectivity index (χ3v) is 3.78. The molecule has 3 N–H and O–H groups in total. The Kier molecular flexibility index (Phi) is 6.89. The zero-order valence-electron chi connectivity index (χ0n) is 14.1. The summed E-state index contributed by atoms with van der Waals surface area (Å²) in [6.45, 7) is 2.18. The monoisotopic (exact) mass is 353 g/mol. The molecule has 8 nitrogen and oxygen atoms in total. The van der Waals surface area contributed by atoms with Crippen molar-refractivity contribution in [1.82, 2.24) is 5.32 Å². The number of carbonyl (C=O) groups excluding carboxylic acids is 2. The van der Waals surface area contributed by atoms with Gasteiger partial charge in [0.2, 0.25) is 5.91 Å². The van der Waals surface area contributed by atoms with Gasteiger partial charge in [0.25, 0.3) is 0 Å². The largest absolute Gasteiger partial charge is 0.457 e. The molecule has 0 saturated carbocycles. The first-order chi connectivity index (χ1) is 11.9. The Hall–Kier alpha value is -2.00. The Labute approximate surface area is 145 Å². The highest BCUT2D eigenvalue weighted by atomic mass is 16.7. The lowest BCUT2D eigenvalue weighted by Gasteiger charge is -2.43. The molecule has 0 spiro atoms. The van der Waals surface area contributed by atoms with E-state index in [1.807, 2.05) is 30.3 Å². The van der Waals surface area contributed by atoms with Crippen LogP contribution in [0.4, 0.5) is 0 Å². The molecular weight excluding hydrogens is 330 g/mol. The Morgan fingerprint density at radius 2 is 1.92 bits per heavy atom. The predicted molar refractivity (Wildman–Crippen MR) is 86.1 cm³/mol. The quantitative estimate of drug-likeness (QED) is 0.603. The Balaban J connectivity index is 2.19. The second-order valence-corrected chi connectivity index (χ2v) is 5.81. The summed E-state index contributed by atoms with van der Waals surface area (Å²) in [6, 6.07) is 8.38. The molecule has 0 bridgehead atoms. The maximum absolute atomic E-state index is 11.5. The van der Waals surface area contributed by atoms with Gasteiger partial charge in [-0.15, -0.1) is 0 Å². The molecule has 0 aromatic heterocycles. The summed E-state index contributed by atoms with van der Waals surface area (Å²) in [6.07, 6.45) is -4.42. The molecule has 1 amide bonds. The van der Waals surface area contributed by atoms with Crippen molar-refractivity contribution in [2.75, 3.05) is 6.61 Å². The van der Waals surface area contributed by atoms with Crippen LogP contribution in [0.15, 0.2) is 30.3 Å². The van der Waals surface area contributed by atoms with Crippen LogP contribution in [0.25, 0.3) is 0 Å². The predicted octanol–water partition coefficient (Wildman–Crippen LogP) is -0.282. The minimum absolute atomic E-state index is 0.183. The zero-order chi connectivity index (χ0) is 18.4. The fraction of sp³-hybridized carbons (Fsp3) is 0.529. The molecule has 0 unspecified atom stereocenters. The van der Waals surface area contributed by atoms with Crippen LogP contribution in [0.5, 0.6) is 0 Å². The van der Waals surface area contributed by atoms with Crippen LogP contribution in [0.3, 0.4) is 0 Å². The van der Waals surface area contributed by atoms with Crippen LogP contribution in [0, 0.1) is 0 Å². The van der Waals surface area contributed by atoms with E-state index in [0.717, 1.165) is 5.56 Å². The minimum atomic E-state index is -1.30. The second-order valence-electron chi connectivity index (χ2n) is 5.81. The van der Waals surface area contributed by atoms with E-state index < -0.39 is 49.1 Å². The third kappa shape index (κ3) is 5.23. The van der Waals surface area contributed by atoms with Crippen molar-refractivity contribution >= 4 is 11.9 Å². The highest BCUT2D eigenvalue weighted by Gasteiger charge is 2.48. The summed E-state index contributed by atoms with van der Waals surface area (Å²) in [5, 5.41) is 22.3. The van der Waals surface area contributed by atoms with Crippen LogP contribution >= 0.6 is 0 Å². The van der Waals surface area contributed by atoms with Crippen molar-refractivity contribution in [3.8, 4) is 0 Å². The van der Waals surface area contributed by atoms with E-state index in [4.69, 9.17) is 14.2 Å². The lowest BCUT2D eigenvalue weighted by molar-refractivity contribution is -0.276. The molecule has 8 heteroatoms. The molecule has 0 aliphatic carbocycles. The van der Waals surface area contributed by atoms with Crippen molar-refractivity contribution in [3.05, 3.63) is 35.9 Å². The number of rotatable bonds is 6. The SMILES string of the molecule is CC(=O)N[C@@H]1[C@@H](OCc2ccccc2)O[C@H](CO)[C@@H](O)[C@@H]1OC(C)=O. The van der Waals surface area contributed by atoms with Gasteiger partial charge >= 0.3 is 5.97 Å². The lowest BCUT2D eigenvalue weighted by atomic mass is 9.96. The van der Waals surface area contributed by atoms with E-state index in [1.54, 1.807) is 0 Å². The fourth-order valence-corrected chi connectivity index (χ4v) is 2.68. The Bertz CT molecular complexity index is 580. The fourth-order valence-electron chi connectivity index (χ4n) is 2.68. The lowest BCUT2D eigenvalue weighted by Crippen LogP contribution is -2.65. The van der Waals surface area contributed by atoms with Gasteiger partial charge in [0.15, 0.2) is 12.4 Å². The molecule has 1 aliphatic rings. The second kappa shape index (κ2) is 8.91. The highest BCUT2D eigenvalue weighted by Crippen LogP contribution is 2.25. The van der Waals surface area contributed by atoms with Gasteiger partial charge < -0.3 is 29.7 Å². The number of nitrogens with one attached hydrogen (secondary N) is 1. The van der Waals surface area contributed by atoms with Crippen molar-refractivity contribution in [1.29, 1.82) is 0 Å². The molecular formula is C17H23NO7. The summed E-state index contributed by atoms with van der Waals surface area (Å²) in [5.74, 6) is -1.02. The van der Waals surface area contributed by atoms with E-state index in [1.165, 1.54) is 13.8 Å². The standard InChI is InChI=1S/C17H23NO7/c1-10(20)18-14-16(24-11(2)21)15(22)13(8-19)25-17(14)23-9-12-6-4-3-5-7-12/h3-7,13-17,19,22H,8-9H2,1-2H3,(H,18,20)/t13-,14+,15-,16-,17+/m1/s1. The molecule has 1 aliphatic heterocycles. The maximum atomic E-state index is 11.5. The molecule has 138 valence electrons. The normalized spacial score (nSPS) is 29.0. The average Bonchev–Trinajstić information content (AvgIpc) is 2.57. The van der Waals surface area contributed by atoms with E-state index in [9.17, 15) is 19.8 Å². The first kappa shape index (κ1) is 19.3. The van der Waals surface area contributed by atoms with Crippen LogP contribution < -0.4 is 5.32 Å². The number of amides is 1. The van der Waals surface area contributed by atoms with E-state index in [-0.39, 0.29) is 6.61 Å². The number of hydrogen-bond acceptors (Lipinski definition) is 7. The van der Waals surface area contributed by atoms with Gasteiger partial charge in [0.05, 0.1) is 13.2 Å². The summed E-state index contributed by atoms with van der Waals surface area (Å²) in [7, 11) is 0. The summed E-state index contributed by atoms with van der Waals surface area (Å²) in [4.78, 5) is 22.9. The van der Waals surface area contributed by atoms with E-state index in [2.05, 4.69) is 5.32 Å². The average molecular weight is 353 g/mol. The third-order valence-electron chi connectivity index (χ3n) is 3.78. The Morgan fingerprint density at radius 1 is 1.24 bits per heavy atom. The number of aliphatic hydroxyl groups excluding tert-OH is 2. The van der Waals surface area contributed by atoms with Gasteiger partial charge in [-0.05, 0) is 5.56 Å². The highest BCUT2D eigenvalue weighted by molar-refractivity contribution is 5.73. The van der Waals surface area contributed by atoms with Crippen molar-refractivity contribution in [2.45, 2.75) is 51.1 Å². The van der Waals surface area contributed by atoms with Gasteiger partial charge in [-0.3, -0.25) is 9.59 Å². The van der Waals surface area contributed by atoms with Crippen LogP contribution in [-0.2, 0) is 30.4 Å². The van der Waals surface area contributed by atoms with Gasteiger partial charge in [0.1, 0.15) is 18.2 Å². The number of benzene rings is 1. The first-order valence-electron chi connectivity index (χ1n) is 7.96. The Morgan fingerprint density at radius 3 is 2.48 bits per heavy atom. The molecule has 1 saturated heterocycles. The number of aliphatic hydroxyl groups is 2. The van der Waals surface area contributed by atoms with Crippen LogP contribution in [-0.4, -0.2) is 59.3 Å². The molecule has 2 rings (SSSR count). The van der Waals surface area contributed by atoms with E-state index in [0.29, 0.717) is 0 Å². The molecule has 5 atom stereocenters. The van der Waals surface area contributed by atoms with Crippen LogP contribution in [0.2, 0.25) is 0 Å². The van der Waals surface area contributed by atoms with Gasteiger partial charge in [0, 0.05) is 13.8 Å².